The molecule has 0 aromatic carbocycles. The standard InChI is InChI=1S/C11H20N2OS.C10H18N2O2S/c1-2-3-4-5-6-9-10-8(7-15-9)12-11(14)13-10;13-5-3-1-2-4-8-9-7(6-15-8)11-10(14)12-9/h8-10H,2-7H2,1H3,(H2,12,13,14);7-9,13H,1-6H2,(H2,11,12,14). The molecule has 0 saturated carbocycles. The van der Waals surface area contributed by atoms with Gasteiger partial charge in [0.1, 0.15) is 0 Å². The molecule has 0 aromatic heterocycles. The van der Waals surface area contributed by atoms with Crippen LogP contribution in [0.15, 0.2) is 0 Å². The summed E-state index contributed by atoms with van der Waals surface area (Å²) in [4.78, 5) is 22.3. The number of hydrogen-bond acceptors (Lipinski definition) is 5. The van der Waals surface area contributed by atoms with Crippen LogP contribution in [0, 0.1) is 0 Å². The van der Waals surface area contributed by atoms with Crippen LogP contribution in [0.2, 0.25) is 0 Å². The second-order valence-electron chi connectivity index (χ2n) is 8.67. The summed E-state index contributed by atoms with van der Waals surface area (Å²) in [6.07, 6.45) is 10.8. The third-order valence-electron chi connectivity index (χ3n) is 6.37. The number of carbonyl (C=O) groups is 2. The third kappa shape index (κ3) is 6.60. The monoisotopic (exact) mass is 458 g/mol. The summed E-state index contributed by atoms with van der Waals surface area (Å²) in [6, 6.07) is 1.47. The molecule has 4 heterocycles. The van der Waals surface area contributed by atoms with Gasteiger partial charge in [-0.3, -0.25) is 0 Å². The van der Waals surface area contributed by atoms with Gasteiger partial charge in [0, 0.05) is 28.6 Å². The Morgan fingerprint density at radius 1 is 0.767 bits per heavy atom. The van der Waals surface area contributed by atoms with Gasteiger partial charge in [-0.1, -0.05) is 45.4 Å². The molecule has 4 saturated heterocycles. The molecule has 7 nitrogen and oxygen atoms in total. The average molecular weight is 459 g/mol. The van der Waals surface area contributed by atoms with Crippen LogP contribution in [0.3, 0.4) is 0 Å². The zero-order valence-corrected chi connectivity index (χ0v) is 19.7. The van der Waals surface area contributed by atoms with Gasteiger partial charge >= 0.3 is 12.1 Å². The van der Waals surface area contributed by atoms with Gasteiger partial charge in [0.05, 0.1) is 24.2 Å². The fraction of sp³-hybridized carbons (Fsp3) is 0.905. The van der Waals surface area contributed by atoms with Crippen LogP contribution in [0.5, 0.6) is 0 Å². The van der Waals surface area contributed by atoms with Crippen LogP contribution >= 0.6 is 23.5 Å². The molecule has 172 valence electrons. The van der Waals surface area contributed by atoms with Crippen LogP contribution in [-0.4, -0.2) is 69.9 Å². The van der Waals surface area contributed by atoms with E-state index in [4.69, 9.17) is 5.11 Å². The van der Waals surface area contributed by atoms with Crippen LogP contribution in [0.1, 0.15) is 64.7 Å². The second kappa shape index (κ2) is 12.3. The highest BCUT2D eigenvalue weighted by atomic mass is 32.2. The number of urea groups is 2. The molecule has 30 heavy (non-hydrogen) atoms. The van der Waals surface area contributed by atoms with E-state index in [0.29, 0.717) is 41.3 Å². The summed E-state index contributed by atoms with van der Waals surface area (Å²) in [7, 11) is 0. The lowest BCUT2D eigenvalue weighted by atomic mass is 10.0. The van der Waals surface area contributed by atoms with Gasteiger partial charge in [-0.05, 0) is 19.3 Å². The first kappa shape index (κ1) is 23.9. The van der Waals surface area contributed by atoms with E-state index < -0.39 is 0 Å². The van der Waals surface area contributed by atoms with Crippen molar-refractivity contribution in [3.05, 3.63) is 0 Å². The number of unbranched alkanes of at least 4 members (excludes halogenated alkanes) is 5. The minimum atomic E-state index is -0.00865. The Balaban J connectivity index is 0.000000171. The third-order valence-corrected chi connectivity index (χ3v) is 9.38. The molecule has 0 radical (unpaired) electrons. The molecule has 4 fully saturated rings. The zero-order valence-electron chi connectivity index (χ0n) is 18.0. The van der Waals surface area contributed by atoms with E-state index in [0.717, 1.165) is 37.2 Å². The first-order chi connectivity index (χ1) is 14.6. The molecule has 4 aliphatic rings. The van der Waals surface area contributed by atoms with Gasteiger partial charge < -0.3 is 26.4 Å². The van der Waals surface area contributed by atoms with E-state index in [1.165, 1.54) is 32.1 Å². The number of aliphatic hydroxyl groups is 1. The summed E-state index contributed by atoms with van der Waals surface area (Å²) in [5.74, 6) is 2.12. The molecule has 4 amide bonds. The summed E-state index contributed by atoms with van der Waals surface area (Å²) < 4.78 is 0. The largest absolute Gasteiger partial charge is 0.396 e. The number of aliphatic hydroxyl groups excluding tert-OH is 1. The number of nitrogens with one attached hydrogen (secondary N) is 4. The van der Waals surface area contributed by atoms with Crippen molar-refractivity contribution in [3.63, 3.8) is 0 Å². The van der Waals surface area contributed by atoms with Crippen LogP contribution in [-0.2, 0) is 0 Å². The van der Waals surface area contributed by atoms with E-state index in [-0.39, 0.29) is 12.1 Å². The van der Waals surface area contributed by atoms with Crippen molar-refractivity contribution in [2.45, 2.75) is 99.4 Å². The fourth-order valence-corrected chi connectivity index (χ4v) is 7.78. The zero-order chi connectivity index (χ0) is 21.3. The van der Waals surface area contributed by atoms with E-state index in [1.54, 1.807) is 0 Å². The normalized spacial score (nSPS) is 33.7. The van der Waals surface area contributed by atoms with Crippen molar-refractivity contribution >= 4 is 35.6 Å². The van der Waals surface area contributed by atoms with Gasteiger partial charge in [0.25, 0.3) is 0 Å². The average Bonchev–Trinajstić information content (AvgIpc) is 3.46. The maximum atomic E-state index is 11.1. The first-order valence-electron chi connectivity index (χ1n) is 11.6. The quantitative estimate of drug-likeness (QED) is 0.256. The number of hydrogen-bond donors (Lipinski definition) is 5. The number of amides is 4. The minimum absolute atomic E-state index is 0.00865. The maximum Gasteiger partial charge on any atom is 0.315 e. The smallest absolute Gasteiger partial charge is 0.315 e. The lowest BCUT2D eigenvalue weighted by Crippen LogP contribution is -2.36. The SMILES string of the molecule is CCCCCCC1SCC2NC(=O)NC21.O=C1NC2CSC(CCCCCO)C2N1. The number of carbonyl (C=O) groups excluding carboxylic acids is 2. The molecule has 5 N–H and O–H groups in total. The first-order valence-corrected chi connectivity index (χ1v) is 13.7. The maximum absolute atomic E-state index is 11.1. The van der Waals surface area contributed by atoms with Gasteiger partial charge in [-0.25, -0.2) is 9.59 Å². The molecular weight excluding hydrogens is 420 g/mol. The molecule has 6 unspecified atom stereocenters. The van der Waals surface area contributed by atoms with E-state index in [1.807, 2.05) is 23.5 Å². The summed E-state index contributed by atoms with van der Waals surface area (Å²) in [6.45, 7) is 2.53. The number of fused-ring (bicyclic) bond motifs is 2. The topological polar surface area (TPSA) is 102 Å². The van der Waals surface area contributed by atoms with E-state index in [9.17, 15) is 9.59 Å². The Bertz CT molecular complexity index is 520. The van der Waals surface area contributed by atoms with Crippen molar-refractivity contribution in [1.82, 2.24) is 21.3 Å². The predicted octanol–water partition coefficient (Wildman–Crippen LogP) is 2.83. The van der Waals surface area contributed by atoms with Crippen LogP contribution in [0.4, 0.5) is 9.59 Å². The van der Waals surface area contributed by atoms with Gasteiger partial charge in [-0.2, -0.15) is 23.5 Å². The molecule has 0 aromatic rings. The summed E-state index contributed by atoms with van der Waals surface area (Å²) in [5, 5.41) is 21.8. The highest BCUT2D eigenvalue weighted by Crippen LogP contribution is 2.34. The molecule has 0 aliphatic carbocycles. The fourth-order valence-electron chi connectivity index (χ4n) is 4.69. The Morgan fingerprint density at radius 3 is 1.73 bits per heavy atom. The molecular formula is C21H38N4O3S2. The Hall–Kier alpha value is -0.800. The van der Waals surface area contributed by atoms with Crippen molar-refractivity contribution in [2.75, 3.05) is 18.1 Å². The molecule has 4 aliphatic heterocycles. The van der Waals surface area contributed by atoms with Crippen molar-refractivity contribution in [3.8, 4) is 0 Å². The molecule has 6 atom stereocenters. The van der Waals surface area contributed by atoms with Crippen molar-refractivity contribution < 1.29 is 14.7 Å². The van der Waals surface area contributed by atoms with Crippen molar-refractivity contribution in [2.24, 2.45) is 0 Å². The summed E-state index contributed by atoms with van der Waals surface area (Å²) in [5.41, 5.74) is 0. The lowest BCUT2D eigenvalue weighted by Gasteiger charge is -2.16. The number of rotatable bonds is 10. The molecule has 0 bridgehead atoms. The Labute approximate surface area is 189 Å². The summed E-state index contributed by atoms with van der Waals surface area (Å²) >= 11 is 3.97. The van der Waals surface area contributed by atoms with E-state index >= 15 is 0 Å². The van der Waals surface area contributed by atoms with E-state index in [2.05, 4.69) is 28.2 Å². The van der Waals surface area contributed by atoms with Crippen LogP contribution < -0.4 is 21.3 Å². The molecule has 4 rings (SSSR count). The highest BCUT2D eigenvalue weighted by molar-refractivity contribution is 8.00. The second-order valence-corrected chi connectivity index (χ2v) is 11.2. The van der Waals surface area contributed by atoms with Crippen molar-refractivity contribution in [1.29, 1.82) is 0 Å². The van der Waals surface area contributed by atoms with Gasteiger partial charge in [0.2, 0.25) is 0 Å². The molecule has 9 heteroatoms. The Kier molecular flexibility index (Phi) is 9.77. The van der Waals surface area contributed by atoms with Gasteiger partial charge in [-0.15, -0.1) is 0 Å². The van der Waals surface area contributed by atoms with Crippen LogP contribution in [0.25, 0.3) is 0 Å². The predicted molar refractivity (Wildman–Crippen MR) is 125 cm³/mol. The lowest BCUT2D eigenvalue weighted by molar-refractivity contribution is 0.246. The highest BCUT2D eigenvalue weighted by Gasteiger charge is 2.43. The molecule has 0 spiro atoms. The Morgan fingerprint density at radius 2 is 1.27 bits per heavy atom. The van der Waals surface area contributed by atoms with Gasteiger partial charge in [0.15, 0.2) is 0 Å². The number of thioether (sulfide) groups is 2. The minimum Gasteiger partial charge on any atom is -0.396 e.